The van der Waals surface area contributed by atoms with E-state index in [-0.39, 0.29) is 5.91 Å². The quantitative estimate of drug-likeness (QED) is 0.726. The van der Waals surface area contributed by atoms with Crippen LogP contribution in [0, 0.1) is 13.8 Å². The molecule has 1 N–H and O–H groups in total. The second-order valence-electron chi connectivity index (χ2n) is 6.29. The van der Waals surface area contributed by atoms with Gasteiger partial charge in [-0.1, -0.05) is 0 Å². The Labute approximate surface area is 162 Å². The fraction of sp³-hybridized carbons (Fsp3) is 0.263. The molecule has 0 unspecified atom stereocenters. The second kappa shape index (κ2) is 7.71. The van der Waals surface area contributed by atoms with Crippen LogP contribution in [-0.4, -0.2) is 42.1 Å². The first-order valence-electron chi connectivity index (χ1n) is 8.31. The minimum Gasteiger partial charge on any atom is -0.496 e. The molecule has 27 heavy (non-hydrogen) atoms. The highest BCUT2D eigenvalue weighted by Gasteiger charge is 2.14. The highest BCUT2D eigenvalue weighted by Crippen LogP contribution is 2.32. The summed E-state index contributed by atoms with van der Waals surface area (Å²) in [5.41, 5.74) is 4.32. The molecular formula is C19H21N5O2S. The maximum atomic E-state index is 12.4. The van der Waals surface area contributed by atoms with E-state index in [4.69, 9.17) is 4.74 Å². The number of methoxy groups -OCH3 is 1. The summed E-state index contributed by atoms with van der Waals surface area (Å²) in [6, 6.07) is 4.04. The van der Waals surface area contributed by atoms with Gasteiger partial charge in [0.05, 0.1) is 18.4 Å². The summed E-state index contributed by atoms with van der Waals surface area (Å²) in [4.78, 5) is 27.0. The van der Waals surface area contributed by atoms with Crippen molar-refractivity contribution in [2.75, 3.05) is 31.4 Å². The molecule has 0 saturated carbocycles. The van der Waals surface area contributed by atoms with Gasteiger partial charge < -0.3 is 9.64 Å². The number of aromatic nitrogens is 3. The van der Waals surface area contributed by atoms with Crippen LogP contribution in [0.1, 0.15) is 21.5 Å². The first-order valence-corrected chi connectivity index (χ1v) is 9.19. The summed E-state index contributed by atoms with van der Waals surface area (Å²) in [5, 5.41) is 5.26. The first kappa shape index (κ1) is 18.8. The van der Waals surface area contributed by atoms with Gasteiger partial charge in [-0.25, -0.2) is 15.0 Å². The predicted molar refractivity (Wildman–Crippen MR) is 108 cm³/mol. The van der Waals surface area contributed by atoms with Crippen LogP contribution in [0.4, 0.5) is 11.1 Å². The molecule has 0 aliphatic rings. The largest absolute Gasteiger partial charge is 0.496 e. The smallest absolute Gasteiger partial charge is 0.260 e. The van der Waals surface area contributed by atoms with Gasteiger partial charge in [-0.2, -0.15) is 0 Å². The van der Waals surface area contributed by atoms with E-state index >= 15 is 0 Å². The third kappa shape index (κ3) is 4.06. The van der Waals surface area contributed by atoms with Gasteiger partial charge in [-0.05, 0) is 37.1 Å². The fourth-order valence-corrected chi connectivity index (χ4v) is 3.28. The molecule has 0 radical (unpaired) electrons. The molecule has 2 aromatic heterocycles. The van der Waals surface area contributed by atoms with E-state index in [0.717, 1.165) is 28.1 Å². The lowest BCUT2D eigenvalue weighted by Crippen LogP contribution is -2.16. The lowest BCUT2D eigenvalue weighted by molar-refractivity contribution is 0.102. The fourth-order valence-electron chi connectivity index (χ4n) is 2.58. The Morgan fingerprint density at radius 3 is 2.48 bits per heavy atom. The maximum absolute atomic E-state index is 12.4. The molecule has 8 heteroatoms. The molecule has 0 bridgehead atoms. The number of amides is 1. The number of ether oxygens (including phenoxy) is 1. The van der Waals surface area contributed by atoms with Crippen molar-refractivity contribution in [2.45, 2.75) is 13.8 Å². The predicted octanol–water partition coefficient (Wildman–Crippen LogP) is 3.54. The third-order valence-electron chi connectivity index (χ3n) is 4.04. The van der Waals surface area contributed by atoms with Crippen molar-refractivity contribution in [1.82, 2.24) is 15.0 Å². The lowest BCUT2D eigenvalue weighted by atomic mass is 10.0. The molecule has 1 aromatic carbocycles. The van der Waals surface area contributed by atoms with E-state index in [1.165, 1.54) is 23.7 Å². The van der Waals surface area contributed by atoms with E-state index in [1.54, 1.807) is 12.0 Å². The van der Waals surface area contributed by atoms with Gasteiger partial charge in [-0.3, -0.25) is 10.1 Å². The second-order valence-corrected chi connectivity index (χ2v) is 7.15. The standard InChI is InChI=1S/C19H21N5O2S/c1-11-7-16(26-5)12(2)6-14(11)15-10-27-19(22-15)23-17(25)13-8-20-18(21-9-13)24(3)4/h6-10H,1-5H3,(H,22,23,25). The molecule has 2 heterocycles. The zero-order chi connectivity index (χ0) is 19.6. The average molecular weight is 383 g/mol. The van der Waals surface area contributed by atoms with Crippen LogP contribution in [0.2, 0.25) is 0 Å². The van der Waals surface area contributed by atoms with Gasteiger partial charge in [0.15, 0.2) is 5.13 Å². The minimum absolute atomic E-state index is 0.288. The summed E-state index contributed by atoms with van der Waals surface area (Å²) in [5.74, 6) is 1.11. The number of anilines is 2. The summed E-state index contributed by atoms with van der Waals surface area (Å²) in [7, 11) is 5.34. The van der Waals surface area contributed by atoms with Crippen LogP contribution < -0.4 is 15.0 Å². The van der Waals surface area contributed by atoms with Crippen molar-refractivity contribution in [3.63, 3.8) is 0 Å². The number of thiazole rings is 1. The first-order chi connectivity index (χ1) is 12.9. The molecule has 0 atom stereocenters. The Morgan fingerprint density at radius 1 is 1.15 bits per heavy atom. The van der Waals surface area contributed by atoms with Crippen molar-refractivity contribution in [2.24, 2.45) is 0 Å². The molecule has 7 nitrogen and oxygen atoms in total. The summed E-state index contributed by atoms with van der Waals surface area (Å²) < 4.78 is 5.36. The number of benzene rings is 1. The number of carbonyl (C=O) groups is 1. The van der Waals surface area contributed by atoms with Crippen LogP contribution in [0.3, 0.4) is 0 Å². The van der Waals surface area contributed by atoms with E-state index < -0.39 is 0 Å². The van der Waals surface area contributed by atoms with Crippen molar-refractivity contribution in [3.8, 4) is 17.0 Å². The summed E-state index contributed by atoms with van der Waals surface area (Å²) >= 11 is 1.38. The van der Waals surface area contributed by atoms with Crippen molar-refractivity contribution < 1.29 is 9.53 Å². The van der Waals surface area contributed by atoms with E-state index in [9.17, 15) is 4.79 Å². The van der Waals surface area contributed by atoms with Gasteiger partial charge in [0.25, 0.3) is 5.91 Å². The number of hydrogen-bond acceptors (Lipinski definition) is 7. The van der Waals surface area contributed by atoms with Gasteiger partial charge in [-0.15, -0.1) is 11.3 Å². The SMILES string of the molecule is COc1cc(C)c(-c2csc(NC(=O)c3cnc(N(C)C)nc3)n2)cc1C. The van der Waals surface area contributed by atoms with Crippen LogP contribution in [-0.2, 0) is 0 Å². The zero-order valence-corrected chi connectivity index (χ0v) is 16.7. The number of aryl methyl sites for hydroxylation is 2. The normalized spacial score (nSPS) is 10.6. The third-order valence-corrected chi connectivity index (χ3v) is 4.80. The molecule has 1 amide bonds. The molecule has 0 aliphatic carbocycles. The van der Waals surface area contributed by atoms with Crippen molar-refractivity contribution >= 4 is 28.3 Å². The van der Waals surface area contributed by atoms with Crippen LogP contribution in [0.5, 0.6) is 5.75 Å². The lowest BCUT2D eigenvalue weighted by Gasteiger charge is -2.10. The van der Waals surface area contributed by atoms with Gasteiger partial charge in [0.2, 0.25) is 5.95 Å². The monoisotopic (exact) mass is 383 g/mol. The minimum atomic E-state index is -0.288. The van der Waals surface area contributed by atoms with E-state index in [1.807, 2.05) is 45.5 Å². The topological polar surface area (TPSA) is 80.2 Å². The number of hydrogen-bond donors (Lipinski definition) is 1. The number of carbonyl (C=O) groups excluding carboxylic acids is 1. The highest BCUT2D eigenvalue weighted by atomic mass is 32.1. The molecule has 0 spiro atoms. The van der Waals surface area contributed by atoms with Crippen LogP contribution >= 0.6 is 11.3 Å². The van der Waals surface area contributed by atoms with E-state index in [2.05, 4.69) is 20.3 Å². The molecule has 0 fully saturated rings. The van der Waals surface area contributed by atoms with Crippen molar-refractivity contribution in [1.29, 1.82) is 0 Å². The molecule has 3 aromatic rings. The zero-order valence-electron chi connectivity index (χ0n) is 15.9. The van der Waals surface area contributed by atoms with Gasteiger partial charge in [0.1, 0.15) is 5.75 Å². The van der Waals surface area contributed by atoms with Gasteiger partial charge in [0, 0.05) is 37.4 Å². The Hall–Kier alpha value is -3.00. The number of rotatable bonds is 5. The Bertz CT molecular complexity index is 967. The Balaban J connectivity index is 1.78. The molecule has 140 valence electrons. The molecular weight excluding hydrogens is 362 g/mol. The average Bonchev–Trinajstić information content (AvgIpc) is 3.11. The van der Waals surface area contributed by atoms with Crippen LogP contribution in [0.15, 0.2) is 29.9 Å². The van der Waals surface area contributed by atoms with E-state index in [0.29, 0.717) is 16.6 Å². The maximum Gasteiger partial charge on any atom is 0.260 e. The molecule has 0 aliphatic heterocycles. The Kier molecular flexibility index (Phi) is 5.36. The highest BCUT2D eigenvalue weighted by molar-refractivity contribution is 7.14. The number of nitrogens with one attached hydrogen (secondary N) is 1. The number of nitrogens with zero attached hydrogens (tertiary/aromatic N) is 4. The summed E-state index contributed by atoms with van der Waals surface area (Å²) in [6.07, 6.45) is 3.01. The summed E-state index contributed by atoms with van der Waals surface area (Å²) in [6.45, 7) is 4.01. The molecule has 0 saturated heterocycles. The van der Waals surface area contributed by atoms with Crippen LogP contribution in [0.25, 0.3) is 11.3 Å². The van der Waals surface area contributed by atoms with Crippen molar-refractivity contribution in [3.05, 3.63) is 46.6 Å². The molecule has 3 rings (SSSR count). The Morgan fingerprint density at radius 2 is 1.85 bits per heavy atom. The van der Waals surface area contributed by atoms with Gasteiger partial charge >= 0.3 is 0 Å².